The average molecular weight is 253 g/mol. The minimum Gasteiger partial charge on any atom is -0.391 e. The van der Waals surface area contributed by atoms with Gasteiger partial charge in [-0.05, 0) is 12.8 Å². The summed E-state index contributed by atoms with van der Waals surface area (Å²) in [5.74, 6) is 7.68. The highest BCUT2D eigenvalue weighted by Gasteiger charge is 2.12. The summed E-state index contributed by atoms with van der Waals surface area (Å²) in [7, 11) is 0. The summed E-state index contributed by atoms with van der Waals surface area (Å²) in [6.45, 7) is 8.28. The van der Waals surface area contributed by atoms with E-state index in [9.17, 15) is 5.11 Å². The van der Waals surface area contributed by atoms with Crippen LogP contribution in [0.15, 0.2) is 0 Å². The number of hydrogen-bond donors (Lipinski definition) is 4. The van der Waals surface area contributed by atoms with Crippen LogP contribution in [0.2, 0.25) is 0 Å². The topological polar surface area (TPSA) is 96.1 Å². The molecule has 0 aliphatic heterocycles. The van der Waals surface area contributed by atoms with Gasteiger partial charge in [-0.1, -0.05) is 20.8 Å². The van der Waals surface area contributed by atoms with Crippen molar-refractivity contribution in [1.29, 1.82) is 0 Å². The Hall–Kier alpha value is -1.40. The van der Waals surface area contributed by atoms with E-state index in [1.54, 1.807) is 0 Å². The Morgan fingerprint density at radius 1 is 1.28 bits per heavy atom. The van der Waals surface area contributed by atoms with Gasteiger partial charge in [-0.25, -0.2) is 15.8 Å². The minimum atomic E-state index is -0.404. The number of nitrogens with two attached hydrogens (primary N) is 1. The lowest BCUT2D eigenvalue weighted by Crippen LogP contribution is -2.26. The van der Waals surface area contributed by atoms with Crippen molar-refractivity contribution in [2.45, 2.75) is 40.2 Å². The number of aliphatic hydroxyl groups is 1. The van der Waals surface area contributed by atoms with E-state index < -0.39 is 6.10 Å². The van der Waals surface area contributed by atoms with Crippen molar-refractivity contribution in [3.05, 3.63) is 11.4 Å². The number of aliphatic hydroxyl groups excluding tert-OH is 1. The molecule has 1 heterocycles. The van der Waals surface area contributed by atoms with Gasteiger partial charge in [0.15, 0.2) is 0 Å². The molecule has 0 amide bonds. The molecule has 0 fully saturated rings. The van der Waals surface area contributed by atoms with Gasteiger partial charge in [0, 0.05) is 18.5 Å². The minimum absolute atomic E-state index is 0.206. The molecule has 5 N–H and O–H groups in total. The van der Waals surface area contributed by atoms with E-state index in [4.69, 9.17) is 5.84 Å². The largest absolute Gasteiger partial charge is 0.391 e. The number of nitrogens with one attached hydrogen (secondary N) is 2. The third kappa shape index (κ3) is 3.54. The summed E-state index contributed by atoms with van der Waals surface area (Å²) in [5, 5.41) is 12.9. The van der Waals surface area contributed by atoms with Gasteiger partial charge in [0.1, 0.15) is 17.5 Å². The fraction of sp³-hybridized carbons (Fsp3) is 0.667. The Morgan fingerprint density at radius 2 is 1.89 bits per heavy atom. The Bertz CT molecular complexity index is 394. The summed E-state index contributed by atoms with van der Waals surface area (Å²) >= 11 is 0. The van der Waals surface area contributed by atoms with Gasteiger partial charge in [0.2, 0.25) is 0 Å². The molecule has 0 aliphatic carbocycles. The van der Waals surface area contributed by atoms with Crippen molar-refractivity contribution in [2.24, 2.45) is 11.8 Å². The van der Waals surface area contributed by atoms with Crippen LogP contribution in [-0.4, -0.2) is 27.7 Å². The summed E-state index contributed by atoms with van der Waals surface area (Å²) in [5.41, 5.74) is 3.42. The molecular weight excluding hydrogens is 230 g/mol. The monoisotopic (exact) mass is 253 g/mol. The highest BCUT2D eigenvalue weighted by Crippen LogP contribution is 2.19. The van der Waals surface area contributed by atoms with E-state index in [1.807, 2.05) is 27.7 Å². The molecule has 6 nitrogen and oxygen atoms in total. The summed E-state index contributed by atoms with van der Waals surface area (Å²) in [6, 6.07) is 0. The molecule has 1 rings (SSSR count). The van der Waals surface area contributed by atoms with E-state index in [-0.39, 0.29) is 5.92 Å². The molecule has 6 heteroatoms. The second-order valence-electron chi connectivity index (χ2n) is 4.65. The number of aromatic nitrogens is 2. The summed E-state index contributed by atoms with van der Waals surface area (Å²) < 4.78 is 0. The third-order valence-corrected chi connectivity index (χ3v) is 2.89. The Morgan fingerprint density at radius 3 is 2.39 bits per heavy atom. The molecule has 0 radical (unpaired) electrons. The van der Waals surface area contributed by atoms with Crippen LogP contribution in [0.5, 0.6) is 0 Å². The number of anilines is 2. The van der Waals surface area contributed by atoms with Crippen LogP contribution >= 0.6 is 0 Å². The smallest absolute Gasteiger partial charge is 0.148 e. The van der Waals surface area contributed by atoms with Crippen molar-refractivity contribution in [3.8, 4) is 0 Å². The number of hydrogen-bond acceptors (Lipinski definition) is 6. The number of hydrazine groups is 1. The predicted octanol–water partition coefficient (Wildman–Crippen LogP) is 1.06. The molecular formula is C12H23N5O. The average Bonchev–Trinajstić information content (AvgIpc) is 2.36. The van der Waals surface area contributed by atoms with E-state index in [0.29, 0.717) is 12.4 Å². The lowest BCUT2D eigenvalue weighted by molar-refractivity contribution is 0.138. The first-order chi connectivity index (χ1) is 8.49. The van der Waals surface area contributed by atoms with Gasteiger partial charge in [0.25, 0.3) is 0 Å². The van der Waals surface area contributed by atoms with Gasteiger partial charge in [0.05, 0.1) is 6.10 Å². The van der Waals surface area contributed by atoms with Gasteiger partial charge in [-0.3, -0.25) is 0 Å². The lowest BCUT2D eigenvalue weighted by atomic mass is 10.1. The van der Waals surface area contributed by atoms with Gasteiger partial charge < -0.3 is 15.8 Å². The normalized spacial score (nSPS) is 12.6. The molecule has 18 heavy (non-hydrogen) atoms. The number of aryl methyl sites for hydroxylation is 1. The first kappa shape index (κ1) is 14.7. The Balaban J connectivity index is 2.87. The zero-order valence-electron chi connectivity index (χ0n) is 11.5. The van der Waals surface area contributed by atoms with Crippen LogP contribution < -0.4 is 16.6 Å². The fourth-order valence-corrected chi connectivity index (χ4v) is 1.47. The van der Waals surface area contributed by atoms with Crippen LogP contribution in [-0.2, 0) is 6.42 Å². The molecule has 1 unspecified atom stereocenters. The first-order valence-electron chi connectivity index (χ1n) is 6.25. The molecule has 0 aliphatic rings. The van der Waals surface area contributed by atoms with E-state index in [2.05, 4.69) is 20.7 Å². The second-order valence-corrected chi connectivity index (χ2v) is 4.65. The zero-order chi connectivity index (χ0) is 13.7. The SMILES string of the molecule is CCc1nc(NN)c(C)c(NCC(O)C(C)C)n1. The van der Waals surface area contributed by atoms with Crippen molar-refractivity contribution in [2.75, 3.05) is 17.3 Å². The van der Waals surface area contributed by atoms with Gasteiger partial charge >= 0.3 is 0 Å². The van der Waals surface area contributed by atoms with Crippen molar-refractivity contribution in [1.82, 2.24) is 9.97 Å². The highest BCUT2D eigenvalue weighted by atomic mass is 16.3. The first-order valence-corrected chi connectivity index (χ1v) is 6.25. The maximum absolute atomic E-state index is 9.79. The molecule has 0 spiro atoms. The van der Waals surface area contributed by atoms with Crippen LogP contribution in [0, 0.1) is 12.8 Å². The van der Waals surface area contributed by atoms with Crippen LogP contribution in [0.25, 0.3) is 0 Å². The van der Waals surface area contributed by atoms with Gasteiger partial charge in [-0.15, -0.1) is 0 Å². The van der Waals surface area contributed by atoms with Gasteiger partial charge in [-0.2, -0.15) is 0 Å². The molecule has 1 atom stereocenters. The molecule has 0 saturated heterocycles. The molecule has 0 saturated carbocycles. The molecule has 0 bridgehead atoms. The van der Waals surface area contributed by atoms with E-state index in [0.717, 1.165) is 23.6 Å². The second kappa shape index (κ2) is 6.51. The van der Waals surface area contributed by atoms with Crippen molar-refractivity contribution < 1.29 is 5.11 Å². The molecule has 1 aromatic heterocycles. The van der Waals surface area contributed by atoms with Crippen molar-refractivity contribution in [3.63, 3.8) is 0 Å². The predicted molar refractivity (Wildman–Crippen MR) is 73.3 cm³/mol. The quantitative estimate of drug-likeness (QED) is 0.447. The van der Waals surface area contributed by atoms with Crippen LogP contribution in [0.3, 0.4) is 0 Å². The zero-order valence-corrected chi connectivity index (χ0v) is 11.5. The number of nitrogen functional groups attached to an aromatic ring is 1. The third-order valence-electron chi connectivity index (χ3n) is 2.89. The van der Waals surface area contributed by atoms with Crippen LogP contribution in [0.4, 0.5) is 11.6 Å². The Labute approximate surface area is 108 Å². The molecule has 0 aromatic carbocycles. The standard InChI is InChI=1S/C12H23N5O/c1-5-10-15-11(8(4)12(16-10)17-13)14-6-9(18)7(2)3/h7,9,18H,5-6,13H2,1-4H3,(H2,14,15,16,17). The summed E-state index contributed by atoms with van der Waals surface area (Å²) in [6.07, 6.45) is 0.329. The Kier molecular flexibility index (Phi) is 5.30. The van der Waals surface area contributed by atoms with E-state index >= 15 is 0 Å². The lowest BCUT2D eigenvalue weighted by Gasteiger charge is -2.17. The molecule has 102 valence electrons. The van der Waals surface area contributed by atoms with Crippen LogP contribution in [0.1, 0.15) is 32.2 Å². The number of nitrogens with zero attached hydrogens (tertiary/aromatic N) is 2. The number of rotatable bonds is 6. The van der Waals surface area contributed by atoms with Crippen molar-refractivity contribution >= 4 is 11.6 Å². The summed E-state index contributed by atoms with van der Waals surface area (Å²) in [4.78, 5) is 8.68. The molecule has 1 aromatic rings. The maximum atomic E-state index is 9.79. The fourth-order valence-electron chi connectivity index (χ4n) is 1.47. The van der Waals surface area contributed by atoms with E-state index in [1.165, 1.54) is 0 Å². The highest BCUT2D eigenvalue weighted by molar-refractivity contribution is 5.56. The maximum Gasteiger partial charge on any atom is 0.148 e.